The van der Waals surface area contributed by atoms with Crippen molar-refractivity contribution in [3.63, 3.8) is 0 Å². The smallest absolute Gasteiger partial charge is 0.168 e. The van der Waals surface area contributed by atoms with Crippen LogP contribution in [0.1, 0.15) is 11.5 Å². The number of hydrogen-bond acceptors (Lipinski definition) is 4. The Hall–Kier alpha value is -1.88. The van der Waals surface area contributed by atoms with Crippen LogP contribution >= 0.6 is 11.6 Å². The second kappa shape index (κ2) is 5.84. The summed E-state index contributed by atoms with van der Waals surface area (Å²) < 4.78 is 18.7. The SMILES string of the molecule is CNc1cc(C)nc(COc2ccc(Cl)c(F)c2)n1. The average Bonchev–Trinajstić information content (AvgIpc) is 2.39. The van der Waals surface area contributed by atoms with Gasteiger partial charge in [-0.05, 0) is 19.1 Å². The molecule has 0 amide bonds. The molecule has 0 aliphatic carbocycles. The van der Waals surface area contributed by atoms with Gasteiger partial charge < -0.3 is 10.1 Å². The molecule has 4 nitrogen and oxygen atoms in total. The second-order valence-corrected chi connectivity index (χ2v) is 4.33. The van der Waals surface area contributed by atoms with E-state index in [1.807, 2.05) is 13.0 Å². The summed E-state index contributed by atoms with van der Waals surface area (Å²) in [7, 11) is 1.78. The van der Waals surface area contributed by atoms with Gasteiger partial charge in [-0.3, -0.25) is 0 Å². The summed E-state index contributed by atoms with van der Waals surface area (Å²) in [5.41, 5.74) is 0.834. The molecule has 1 N–H and O–H groups in total. The number of aromatic nitrogens is 2. The number of ether oxygens (including phenoxy) is 1. The molecule has 0 aliphatic heterocycles. The topological polar surface area (TPSA) is 47.0 Å². The first-order valence-electron chi connectivity index (χ1n) is 5.68. The van der Waals surface area contributed by atoms with Crippen molar-refractivity contribution in [2.45, 2.75) is 13.5 Å². The van der Waals surface area contributed by atoms with Crippen molar-refractivity contribution in [3.05, 3.63) is 46.6 Å². The van der Waals surface area contributed by atoms with Gasteiger partial charge in [0.25, 0.3) is 0 Å². The largest absolute Gasteiger partial charge is 0.486 e. The molecule has 0 bridgehead atoms. The van der Waals surface area contributed by atoms with Gasteiger partial charge in [-0.15, -0.1) is 0 Å². The van der Waals surface area contributed by atoms with Crippen molar-refractivity contribution >= 4 is 17.4 Å². The Morgan fingerprint density at radius 2 is 2.11 bits per heavy atom. The van der Waals surface area contributed by atoms with Crippen molar-refractivity contribution in [1.82, 2.24) is 9.97 Å². The highest BCUT2D eigenvalue weighted by atomic mass is 35.5. The van der Waals surface area contributed by atoms with Gasteiger partial charge in [0.05, 0.1) is 5.02 Å². The van der Waals surface area contributed by atoms with E-state index in [-0.39, 0.29) is 11.6 Å². The number of hydrogen-bond donors (Lipinski definition) is 1. The van der Waals surface area contributed by atoms with Gasteiger partial charge in [-0.1, -0.05) is 11.6 Å². The number of halogens is 2. The van der Waals surface area contributed by atoms with Crippen molar-refractivity contribution in [1.29, 1.82) is 0 Å². The molecule has 100 valence electrons. The van der Waals surface area contributed by atoms with E-state index in [2.05, 4.69) is 15.3 Å². The van der Waals surface area contributed by atoms with Crippen LogP contribution in [0.15, 0.2) is 24.3 Å². The highest BCUT2D eigenvalue weighted by Gasteiger charge is 2.05. The Labute approximate surface area is 115 Å². The van der Waals surface area contributed by atoms with Crippen molar-refractivity contribution in [3.8, 4) is 5.75 Å². The first-order valence-corrected chi connectivity index (χ1v) is 6.06. The van der Waals surface area contributed by atoms with Crippen LogP contribution in [0.3, 0.4) is 0 Å². The van der Waals surface area contributed by atoms with Crippen LogP contribution in [-0.4, -0.2) is 17.0 Å². The molecule has 6 heteroatoms. The van der Waals surface area contributed by atoms with E-state index in [0.29, 0.717) is 17.4 Å². The van der Waals surface area contributed by atoms with Crippen LogP contribution in [0, 0.1) is 12.7 Å². The van der Waals surface area contributed by atoms with Gasteiger partial charge in [0, 0.05) is 24.9 Å². The van der Waals surface area contributed by atoms with Gasteiger partial charge in [0.2, 0.25) is 0 Å². The van der Waals surface area contributed by atoms with Crippen molar-refractivity contribution < 1.29 is 9.13 Å². The first kappa shape index (κ1) is 13.5. The number of benzene rings is 1. The highest BCUT2D eigenvalue weighted by Crippen LogP contribution is 2.21. The monoisotopic (exact) mass is 281 g/mol. The van der Waals surface area contributed by atoms with E-state index in [1.165, 1.54) is 12.1 Å². The van der Waals surface area contributed by atoms with E-state index in [1.54, 1.807) is 13.1 Å². The number of nitrogens with zero attached hydrogens (tertiary/aromatic N) is 2. The molecule has 2 aromatic rings. The van der Waals surface area contributed by atoms with E-state index >= 15 is 0 Å². The van der Waals surface area contributed by atoms with E-state index in [0.717, 1.165) is 5.69 Å². The van der Waals surface area contributed by atoms with Gasteiger partial charge in [0.15, 0.2) is 5.82 Å². The molecule has 0 unspecified atom stereocenters. The molecular formula is C13H13ClFN3O. The molecule has 1 heterocycles. The Morgan fingerprint density at radius 3 is 2.79 bits per heavy atom. The van der Waals surface area contributed by atoms with Crippen LogP contribution < -0.4 is 10.1 Å². The fourth-order valence-electron chi connectivity index (χ4n) is 1.54. The quantitative estimate of drug-likeness (QED) is 0.935. The maximum absolute atomic E-state index is 13.2. The fourth-order valence-corrected chi connectivity index (χ4v) is 1.65. The third kappa shape index (κ3) is 3.54. The number of rotatable bonds is 4. The predicted molar refractivity (Wildman–Crippen MR) is 72.1 cm³/mol. The average molecular weight is 282 g/mol. The van der Waals surface area contributed by atoms with Crippen LogP contribution in [0.2, 0.25) is 5.02 Å². The molecule has 0 fully saturated rings. The summed E-state index contributed by atoms with van der Waals surface area (Å²) in [6.45, 7) is 2.03. The Morgan fingerprint density at radius 1 is 1.32 bits per heavy atom. The van der Waals surface area contributed by atoms with E-state index < -0.39 is 5.82 Å². The number of anilines is 1. The Balaban J connectivity index is 2.09. The summed E-state index contributed by atoms with van der Waals surface area (Å²) in [5, 5.41) is 3.01. The minimum absolute atomic E-state index is 0.0663. The lowest BCUT2D eigenvalue weighted by Gasteiger charge is -2.08. The van der Waals surface area contributed by atoms with E-state index in [4.69, 9.17) is 16.3 Å². The second-order valence-electron chi connectivity index (χ2n) is 3.93. The minimum Gasteiger partial charge on any atom is -0.486 e. The fraction of sp³-hybridized carbons (Fsp3) is 0.231. The highest BCUT2D eigenvalue weighted by molar-refractivity contribution is 6.30. The molecule has 2 rings (SSSR count). The van der Waals surface area contributed by atoms with Crippen LogP contribution in [0.4, 0.5) is 10.2 Å². The van der Waals surface area contributed by atoms with Crippen molar-refractivity contribution in [2.24, 2.45) is 0 Å². The lowest BCUT2D eigenvalue weighted by atomic mass is 10.3. The lowest BCUT2D eigenvalue weighted by molar-refractivity contribution is 0.294. The van der Waals surface area contributed by atoms with Gasteiger partial charge in [0.1, 0.15) is 24.0 Å². The van der Waals surface area contributed by atoms with E-state index in [9.17, 15) is 4.39 Å². The predicted octanol–water partition coefficient (Wildman–Crippen LogP) is 3.20. The van der Waals surface area contributed by atoms with Gasteiger partial charge in [-0.2, -0.15) is 0 Å². The molecule has 0 radical (unpaired) electrons. The number of aryl methyl sites for hydroxylation is 1. The maximum atomic E-state index is 13.2. The zero-order valence-corrected chi connectivity index (χ0v) is 11.3. The third-order valence-corrected chi connectivity index (χ3v) is 2.72. The first-order chi connectivity index (χ1) is 9.08. The zero-order chi connectivity index (χ0) is 13.8. The Kier molecular flexibility index (Phi) is 4.16. The molecule has 0 saturated carbocycles. The van der Waals surface area contributed by atoms with Gasteiger partial charge in [-0.25, -0.2) is 14.4 Å². The van der Waals surface area contributed by atoms with Gasteiger partial charge >= 0.3 is 0 Å². The molecule has 0 aliphatic rings. The molecule has 19 heavy (non-hydrogen) atoms. The molecule has 1 aromatic heterocycles. The zero-order valence-electron chi connectivity index (χ0n) is 10.6. The molecule has 0 saturated heterocycles. The number of nitrogens with one attached hydrogen (secondary N) is 1. The summed E-state index contributed by atoms with van der Waals surface area (Å²) >= 11 is 5.59. The van der Waals surface area contributed by atoms with Crippen LogP contribution in [-0.2, 0) is 6.61 Å². The van der Waals surface area contributed by atoms with Crippen LogP contribution in [0.25, 0.3) is 0 Å². The maximum Gasteiger partial charge on any atom is 0.168 e. The summed E-state index contributed by atoms with van der Waals surface area (Å²) in [6.07, 6.45) is 0. The van der Waals surface area contributed by atoms with Crippen LogP contribution in [0.5, 0.6) is 5.75 Å². The molecule has 1 aromatic carbocycles. The minimum atomic E-state index is -0.514. The molecule has 0 atom stereocenters. The standard InChI is InChI=1S/C13H13ClFN3O/c1-8-5-12(16-2)18-13(17-8)7-19-9-3-4-10(14)11(15)6-9/h3-6H,7H2,1-2H3,(H,16,17,18). The molecule has 0 spiro atoms. The Bertz CT molecular complexity index is 592. The molecular weight excluding hydrogens is 269 g/mol. The van der Waals surface area contributed by atoms with Crippen molar-refractivity contribution in [2.75, 3.05) is 12.4 Å². The lowest BCUT2D eigenvalue weighted by Crippen LogP contribution is -2.05. The third-order valence-electron chi connectivity index (χ3n) is 2.42. The summed E-state index contributed by atoms with van der Waals surface area (Å²) in [5.74, 6) is 1.12. The normalized spacial score (nSPS) is 10.3. The summed E-state index contributed by atoms with van der Waals surface area (Å²) in [6, 6.07) is 6.10. The summed E-state index contributed by atoms with van der Waals surface area (Å²) in [4.78, 5) is 8.48.